The van der Waals surface area contributed by atoms with Gasteiger partial charge in [-0.15, -0.1) is 0 Å². The molecule has 3 atom stereocenters. The summed E-state index contributed by atoms with van der Waals surface area (Å²) in [5, 5.41) is 8.87. The van der Waals surface area contributed by atoms with E-state index < -0.39 is 5.97 Å². The van der Waals surface area contributed by atoms with Crippen molar-refractivity contribution in [2.75, 3.05) is 6.54 Å². The number of carbonyl (C=O) groups is 1. The van der Waals surface area contributed by atoms with Crippen LogP contribution in [0.5, 0.6) is 0 Å². The van der Waals surface area contributed by atoms with Gasteiger partial charge < -0.3 is 9.52 Å². The summed E-state index contributed by atoms with van der Waals surface area (Å²) >= 11 is 0. The molecule has 2 heterocycles. The van der Waals surface area contributed by atoms with Gasteiger partial charge in [0.25, 0.3) is 0 Å². The van der Waals surface area contributed by atoms with Crippen LogP contribution in [0.4, 0.5) is 0 Å². The molecule has 0 radical (unpaired) electrons. The van der Waals surface area contributed by atoms with Crippen LogP contribution in [0, 0.1) is 11.8 Å². The average molecular weight is 251 g/mol. The lowest BCUT2D eigenvalue weighted by atomic mass is 9.86. The monoisotopic (exact) mass is 251 g/mol. The number of piperidine rings is 1. The van der Waals surface area contributed by atoms with Crippen molar-refractivity contribution < 1.29 is 14.3 Å². The maximum atomic E-state index is 10.8. The molecule has 3 unspecified atom stereocenters. The Labute approximate surface area is 108 Å². The zero-order chi connectivity index (χ0) is 13.3. The highest BCUT2D eigenvalue weighted by molar-refractivity contribution is 5.87. The predicted molar refractivity (Wildman–Crippen MR) is 68.5 cm³/mol. The largest absolute Gasteiger partial charge is 0.478 e. The SMILES string of the molecule is CC1CC(C)C(C)N(Cc2cc(C(=O)O)co2)C1. The first-order valence-electron chi connectivity index (χ1n) is 6.52. The lowest BCUT2D eigenvalue weighted by Crippen LogP contribution is -2.45. The number of carboxylic acid groups (broad SMARTS) is 1. The van der Waals surface area contributed by atoms with E-state index in [0.29, 0.717) is 24.4 Å². The fourth-order valence-corrected chi connectivity index (χ4v) is 2.82. The molecule has 100 valence electrons. The maximum Gasteiger partial charge on any atom is 0.338 e. The minimum absolute atomic E-state index is 0.232. The Morgan fingerprint density at radius 1 is 1.50 bits per heavy atom. The van der Waals surface area contributed by atoms with Gasteiger partial charge >= 0.3 is 5.97 Å². The number of hydrogen-bond acceptors (Lipinski definition) is 3. The standard InChI is InChI=1S/C14H21NO3/c1-9-4-10(2)11(3)15(6-9)7-13-5-12(8-18-13)14(16)17/h5,8-11H,4,6-7H2,1-3H3,(H,16,17). The summed E-state index contributed by atoms with van der Waals surface area (Å²) < 4.78 is 5.33. The van der Waals surface area contributed by atoms with E-state index in [9.17, 15) is 4.79 Å². The van der Waals surface area contributed by atoms with E-state index >= 15 is 0 Å². The van der Waals surface area contributed by atoms with Crippen LogP contribution in [0.3, 0.4) is 0 Å². The van der Waals surface area contributed by atoms with E-state index in [2.05, 4.69) is 25.7 Å². The molecular formula is C14H21NO3. The Morgan fingerprint density at radius 3 is 2.83 bits per heavy atom. The third kappa shape index (κ3) is 2.75. The van der Waals surface area contributed by atoms with Crippen LogP contribution < -0.4 is 0 Å². The minimum Gasteiger partial charge on any atom is -0.478 e. The lowest BCUT2D eigenvalue weighted by Gasteiger charge is -2.40. The number of likely N-dealkylation sites (tertiary alicyclic amines) is 1. The lowest BCUT2D eigenvalue weighted by molar-refractivity contribution is 0.0668. The summed E-state index contributed by atoms with van der Waals surface area (Å²) in [5.74, 6) is 1.16. The minimum atomic E-state index is -0.932. The van der Waals surface area contributed by atoms with Gasteiger partial charge in [-0.25, -0.2) is 4.79 Å². The Morgan fingerprint density at radius 2 is 2.22 bits per heavy atom. The molecule has 0 aromatic carbocycles. The summed E-state index contributed by atoms with van der Waals surface area (Å²) in [4.78, 5) is 13.2. The zero-order valence-electron chi connectivity index (χ0n) is 11.2. The Balaban J connectivity index is 2.05. The van der Waals surface area contributed by atoms with Crippen molar-refractivity contribution in [1.82, 2.24) is 4.90 Å². The van der Waals surface area contributed by atoms with Crippen molar-refractivity contribution in [2.24, 2.45) is 11.8 Å². The second-order valence-electron chi connectivity index (χ2n) is 5.60. The molecule has 1 aromatic rings. The van der Waals surface area contributed by atoms with Gasteiger partial charge in [0.2, 0.25) is 0 Å². The molecule has 0 amide bonds. The van der Waals surface area contributed by atoms with Crippen molar-refractivity contribution in [3.05, 3.63) is 23.7 Å². The van der Waals surface area contributed by atoms with Gasteiger partial charge in [-0.2, -0.15) is 0 Å². The first kappa shape index (κ1) is 13.1. The first-order chi connectivity index (χ1) is 8.47. The van der Waals surface area contributed by atoms with E-state index in [0.717, 1.165) is 12.3 Å². The van der Waals surface area contributed by atoms with Crippen LogP contribution in [0.2, 0.25) is 0 Å². The van der Waals surface area contributed by atoms with E-state index in [1.165, 1.54) is 12.7 Å². The number of hydrogen-bond donors (Lipinski definition) is 1. The predicted octanol–water partition coefficient (Wildman–Crippen LogP) is 2.84. The molecule has 1 fully saturated rings. The quantitative estimate of drug-likeness (QED) is 0.897. The van der Waals surface area contributed by atoms with Crippen molar-refractivity contribution in [3.8, 4) is 0 Å². The summed E-state index contributed by atoms with van der Waals surface area (Å²) in [6.07, 6.45) is 2.58. The Bertz CT molecular complexity index is 426. The third-order valence-electron chi connectivity index (χ3n) is 3.98. The van der Waals surface area contributed by atoms with Crippen molar-refractivity contribution in [2.45, 2.75) is 39.8 Å². The Hall–Kier alpha value is -1.29. The smallest absolute Gasteiger partial charge is 0.338 e. The Kier molecular flexibility index (Phi) is 3.76. The number of aromatic carboxylic acids is 1. The van der Waals surface area contributed by atoms with Crippen molar-refractivity contribution >= 4 is 5.97 Å². The van der Waals surface area contributed by atoms with Crippen LogP contribution in [0.25, 0.3) is 0 Å². The van der Waals surface area contributed by atoms with Gasteiger partial charge in [-0.3, -0.25) is 4.90 Å². The molecule has 0 bridgehead atoms. The molecule has 18 heavy (non-hydrogen) atoms. The molecule has 1 aromatic heterocycles. The highest BCUT2D eigenvalue weighted by Gasteiger charge is 2.29. The van der Waals surface area contributed by atoms with E-state index in [1.54, 1.807) is 6.07 Å². The molecular weight excluding hydrogens is 230 g/mol. The van der Waals surface area contributed by atoms with Gasteiger partial charge in [0.05, 0.1) is 12.1 Å². The highest BCUT2D eigenvalue weighted by atomic mass is 16.4. The molecule has 2 rings (SSSR count). The van der Waals surface area contributed by atoms with Crippen LogP contribution >= 0.6 is 0 Å². The van der Waals surface area contributed by atoms with Gasteiger partial charge in [0, 0.05) is 12.6 Å². The number of rotatable bonds is 3. The van der Waals surface area contributed by atoms with Gasteiger partial charge in [-0.1, -0.05) is 13.8 Å². The molecule has 4 nitrogen and oxygen atoms in total. The maximum absolute atomic E-state index is 10.8. The molecule has 1 saturated heterocycles. The van der Waals surface area contributed by atoms with Crippen molar-refractivity contribution in [1.29, 1.82) is 0 Å². The average Bonchev–Trinajstić information content (AvgIpc) is 2.74. The first-order valence-corrected chi connectivity index (χ1v) is 6.52. The van der Waals surface area contributed by atoms with E-state index in [1.807, 2.05) is 0 Å². The summed E-state index contributed by atoms with van der Waals surface area (Å²) in [5.41, 5.74) is 0.232. The van der Waals surface area contributed by atoms with Crippen molar-refractivity contribution in [3.63, 3.8) is 0 Å². The summed E-state index contributed by atoms with van der Waals surface area (Å²) in [6, 6.07) is 2.14. The normalized spacial score (nSPS) is 29.4. The highest BCUT2D eigenvalue weighted by Crippen LogP contribution is 2.28. The fourth-order valence-electron chi connectivity index (χ4n) is 2.82. The van der Waals surface area contributed by atoms with Crippen LogP contribution in [0.1, 0.15) is 43.3 Å². The number of carboxylic acids is 1. The topological polar surface area (TPSA) is 53.7 Å². The molecule has 1 N–H and O–H groups in total. The van der Waals surface area contributed by atoms with Gasteiger partial charge in [0.15, 0.2) is 0 Å². The molecule has 0 spiro atoms. The summed E-state index contributed by atoms with van der Waals surface area (Å²) in [7, 11) is 0. The molecule has 0 saturated carbocycles. The molecule has 0 aliphatic carbocycles. The molecule has 1 aliphatic heterocycles. The van der Waals surface area contributed by atoms with Crippen LogP contribution in [-0.2, 0) is 6.54 Å². The third-order valence-corrected chi connectivity index (χ3v) is 3.98. The number of nitrogens with zero attached hydrogens (tertiary/aromatic N) is 1. The van der Waals surface area contributed by atoms with Crippen LogP contribution in [0.15, 0.2) is 16.7 Å². The fraction of sp³-hybridized carbons (Fsp3) is 0.643. The second kappa shape index (κ2) is 5.14. The second-order valence-corrected chi connectivity index (χ2v) is 5.60. The van der Waals surface area contributed by atoms with Gasteiger partial charge in [0.1, 0.15) is 12.0 Å². The van der Waals surface area contributed by atoms with E-state index in [-0.39, 0.29) is 5.56 Å². The molecule has 4 heteroatoms. The molecule has 1 aliphatic rings. The zero-order valence-corrected chi connectivity index (χ0v) is 11.2. The number of furan rings is 1. The van der Waals surface area contributed by atoms with Gasteiger partial charge in [-0.05, 0) is 31.2 Å². The summed E-state index contributed by atoms with van der Waals surface area (Å²) in [6.45, 7) is 8.52. The van der Waals surface area contributed by atoms with Crippen LogP contribution in [-0.4, -0.2) is 28.6 Å². The van der Waals surface area contributed by atoms with E-state index in [4.69, 9.17) is 9.52 Å².